The van der Waals surface area contributed by atoms with E-state index in [1.807, 2.05) is 0 Å². The van der Waals surface area contributed by atoms with Crippen molar-refractivity contribution in [2.45, 2.75) is 24.7 Å². The zero-order valence-corrected chi connectivity index (χ0v) is 9.55. The van der Waals surface area contributed by atoms with Crippen molar-refractivity contribution in [3.05, 3.63) is 0 Å². The molecule has 0 aromatic heterocycles. The van der Waals surface area contributed by atoms with Crippen LogP contribution in [0.3, 0.4) is 0 Å². The molecular weight excluding hydrogens is 234 g/mol. The van der Waals surface area contributed by atoms with Crippen LogP contribution in [0.15, 0.2) is 0 Å². The minimum Gasteiger partial charge on any atom is -0.347 e. The van der Waals surface area contributed by atoms with E-state index in [1.165, 1.54) is 0 Å². The van der Waals surface area contributed by atoms with Crippen LogP contribution in [0.25, 0.3) is 0 Å². The summed E-state index contributed by atoms with van der Waals surface area (Å²) in [5, 5.41) is 0.880. The lowest BCUT2D eigenvalue weighted by molar-refractivity contribution is -0.191. The Bertz CT molecular complexity index is 180. The first-order valence-electron chi connectivity index (χ1n) is 4.80. The second-order valence-corrected chi connectivity index (χ2v) is 4.57. The molecule has 0 amide bonds. The van der Waals surface area contributed by atoms with Crippen molar-refractivity contribution < 1.29 is 9.47 Å². The highest BCUT2D eigenvalue weighted by atomic mass is 79.9. The highest BCUT2D eigenvalue weighted by Crippen LogP contribution is 2.33. The fourth-order valence-corrected chi connectivity index (χ4v) is 2.23. The van der Waals surface area contributed by atoms with Gasteiger partial charge in [-0.1, -0.05) is 15.9 Å². The minimum absolute atomic E-state index is 0.245. The maximum absolute atomic E-state index is 5.89. The molecule has 13 heavy (non-hydrogen) atoms. The smallest absolute Gasteiger partial charge is 0.171 e. The Kier molecular flexibility index (Phi) is 2.93. The third-order valence-electron chi connectivity index (χ3n) is 2.83. The molecule has 2 aliphatic heterocycles. The number of halogens is 1. The predicted octanol–water partition coefficient (Wildman–Crippen LogP) is 1.22. The van der Waals surface area contributed by atoms with Gasteiger partial charge < -0.3 is 14.4 Å². The van der Waals surface area contributed by atoms with E-state index in [1.54, 1.807) is 0 Å². The van der Waals surface area contributed by atoms with Crippen LogP contribution in [0, 0.1) is 0 Å². The van der Waals surface area contributed by atoms with E-state index >= 15 is 0 Å². The van der Waals surface area contributed by atoms with E-state index in [9.17, 15) is 0 Å². The zero-order valence-electron chi connectivity index (χ0n) is 7.96. The van der Waals surface area contributed by atoms with Crippen LogP contribution in [-0.4, -0.2) is 48.9 Å². The highest BCUT2D eigenvalue weighted by molar-refractivity contribution is 9.09. The topological polar surface area (TPSA) is 21.7 Å². The Balaban J connectivity index is 1.92. The van der Waals surface area contributed by atoms with Gasteiger partial charge in [0, 0.05) is 31.3 Å². The molecular formula is C9H16BrNO2. The third kappa shape index (κ3) is 2.06. The number of nitrogens with zero attached hydrogens (tertiary/aromatic N) is 1. The van der Waals surface area contributed by atoms with Gasteiger partial charge in [-0.3, -0.25) is 0 Å². The van der Waals surface area contributed by atoms with Gasteiger partial charge in [0.2, 0.25) is 0 Å². The quantitative estimate of drug-likeness (QED) is 0.653. The summed E-state index contributed by atoms with van der Waals surface area (Å²) in [6.07, 6.45) is 2.27. The molecule has 76 valence electrons. The van der Waals surface area contributed by atoms with E-state index in [0.717, 1.165) is 37.9 Å². The first-order valence-corrected chi connectivity index (χ1v) is 5.92. The van der Waals surface area contributed by atoms with Crippen molar-refractivity contribution >= 4 is 15.9 Å². The van der Waals surface area contributed by atoms with Gasteiger partial charge in [-0.15, -0.1) is 0 Å². The fourth-order valence-electron chi connectivity index (χ4n) is 1.91. The summed E-state index contributed by atoms with van der Waals surface area (Å²) in [7, 11) is 2.14. The van der Waals surface area contributed by atoms with Gasteiger partial charge in [-0.25, -0.2) is 0 Å². The second kappa shape index (κ2) is 3.85. The summed E-state index contributed by atoms with van der Waals surface area (Å²) in [5.41, 5.74) is 0. The Morgan fingerprint density at radius 3 is 2.69 bits per heavy atom. The van der Waals surface area contributed by atoms with Crippen LogP contribution < -0.4 is 0 Å². The van der Waals surface area contributed by atoms with Crippen LogP contribution >= 0.6 is 15.9 Å². The number of ether oxygens (including phenoxy) is 2. The van der Waals surface area contributed by atoms with E-state index < -0.39 is 0 Å². The number of likely N-dealkylation sites (tertiary alicyclic amines) is 1. The lowest BCUT2D eigenvalue weighted by Crippen LogP contribution is -2.43. The van der Waals surface area contributed by atoms with Crippen LogP contribution in [0.4, 0.5) is 0 Å². The average molecular weight is 250 g/mol. The Morgan fingerprint density at radius 1 is 1.46 bits per heavy atom. The second-order valence-electron chi connectivity index (χ2n) is 3.92. The van der Waals surface area contributed by atoms with Crippen molar-refractivity contribution in [3.63, 3.8) is 0 Å². The molecule has 0 N–H and O–H groups in total. The van der Waals surface area contributed by atoms with Crippen LogP contribution in [0.1, 0.15) is 12.8 Å². The monoisotopic (exact) mass is 249 g/mol. The molecule has 0 bridgehead atoms. The maximum Gasteiger partial charge on any atom is 0.171 e. The average Bonchev–Trinajstić information content (AvgIpc) is 2.55. The van der Waals surface area contributed by atoms with E-state index in [4.69, 9.17) is 9.47 Å². The molecule has 4 heteroatoms. The largest absolute Gasteiger partial charge is 0.347 e. The predicted molar refractivity (Wildman–Crippen MR) is 54.1 cm³/mol. The van der Waals surface area contributed by atoms with Gasteiger partial charge in [0.15, 0.2) is 5.79 Å². The number of piperidine rings is 1. The first-order chi connectivity index (χ1) is 6.24. The lowest BCUT2D eigenvalue weighted by Gasteiger charge is -2.36. The Morgan fingerprint density at radius 2 is 2.15 bits per heavy atom. The third-order valence-corrected chi connectivity index (χ3v) is 3.56. The molecule has 2 fully saturated rings. The van der Waals surface area contributed by atoms with E-state index in [0.29, 0.717) is 0 Å². The number of hydrogen-bond donors (Lipinski definition) is 0. The SMILES string of the molecule is CN1CCC2(CC1)OCC(CBr)O2. The summed E-state index contributed by atoms with van der Waals surface area (Å²) < 4.78 is 11.6. The molecule has 0 saturated carbocycles. The molecule has 2 heterocycles. The molecule has 1 atom stereocenters. The molecule has 2 rings (SSSR count). The Hall–Kier alpha value is 0.360. The molecule has 0 radical (unpaired) electrons. The van der Waals surface area contributed by atoms with Crippen molar-refractivity contribution in [2.24, 2.45) is 0 Å². The van der Waals surface area contributed by atoms with Gasteiger partial charge in [0.25, 0.3) is 0 Å². The van der Waals surface area contributed by atoms with Crippen LogP contribution in [-0.2, 0) is 9.47 Å². The molecule has 0 aromatic rings. The van der Waals surface area contributed by atoms with Gasteiger partial charge in [-0.2, -0.15) is 0 Å². The van der Waals surface area contributed by atoms with Gasteiger partial charge in [0.05, 0.1) is 12.7 Å². The highest BCUT2D eigenvalue weighted by Gasteiger charge is 2.42. The molecule has 1 unspecified atom stereocenters. The van der Waals surface area contributed by atoms with Crippen molar-refractivity contribution in [2.75, 3.05) is 32.1 Å². The Labute approximate surface area is 87.5 Å². The van der Waals surface area contributed by atoms with Crippen molar-refractivity contribution in [1.29, 1.82) is 0 Å². The van der Waals surface area contributed by atoms with Crippen LogP contribution in [0.5, 0.6) is 0 Å². The first kappa shape index (κ1) is 9.90. The summed E-state index contributed by atoms with van der Waals surface area (Å²) >= 11 is 3.42. The van der Waals surface area contributed by atoms with E-state index in [-0.39, 0.29) is 11.9 Å². The molecule has 0 aromatic carbocycles. The zero-order chi connectivity index (χ0) is 9.31. The summed E-state index contributed by atoms with van der Waals surface area (Å²) in [4.78, 5) is 2.32. The number of alkyl halides is 1. The van der Waals surface area contributed by atoms with Gasteiger partial charge in [-0.05, 0) is 7.05 Å². The van der Waals surface area contributed by atoms with Crippen molar-refractivity contribution in [1.82, 2.24) is 4.90 Å². The molecule has 3 nitrogen and oxygen atoms in total. The van der Waals surface area contributed by atoms with Gasteiger partial charge >= 0.3 is 0 Å². The molecule has 2 saturated heterocycles. The molecule has 2 aliphatic rings. The summed E-state index contributed by atoms with van der Waals surface area (Å²) in [5.74, 6) is -0.245. The minimum atomic E-state index is -0.245. The maximum atomic E-state index is 5.89. The summed E-state index contributed by atoms with van der Waals surface area (Å²) in [6, 6.07) is 0. The normalized spacial score (nSPS) is 34.2. The molecule has 0 aliphatic carbocycles. The number of rotatable bonds is 1. The fraction of sp³-hybridized carbons (Fsp3) is 1.00. The lowest BCUT2D eigenvalue weighted by atomic mass is 10.0. The standard InChI is InChI=1S/C9H16BrNO2/c1-11-4-2-9(3-5-11)12-7-8(6-10)13-9/h8H,2-7H2,1H3. The number of hydrogen-bond acceptors (Lipinski definition) is 3. The van der Waals surface area contributed by atoms with E-state index in [2.05, 4.69) is 27.9 Å². The summed E-state index contributed by atoms with van der Waals surface area (Å²) in [6.45, 7) is 2.90. The molecule has 1 spiro atoms. The van der Waals surface area contributed by atoms with Crippen LogP contribution in [0.2, 0.25) is 0 Å². The van der Waals surface area contributed by atoms with Crippen molar-refractivity contribution in [3.8, 4) is 0 Å². The van der Waals surface area contributed by atoms with Gasteiger partial charge in [0.1, 0.15) is 0 Å².